The van der Waals surface area contributed by atoms with Gasteiger partial charge in [0.25, 0.3) is 0 Å². The lowest BCUT2D eigenvalue weighted by molar-refractivity contribution is -0.114. The molecule has 0 radical (unpaired) electrons. The van der Waals surface area contributed by atoms with E-state index in [9.17, 15) is 4.79 Å². The maximum absolute atomic E-state index is 10.4. The summed E-state index contributed by atoms with van der Waals surface area (Å²) in [5, 5.41) is 0. The lowest BCUT2D eigenvalue weighted by Gasteiger charge is -1.95. The van der Waals surface area contributed by atoms with E-state index < -0.39 is 5.91 Å². The second-order valence-electron chi connectivity index (χ2n) is 1.75. The molecule has 0 rings (SSSR count). The summed E-state index contributed by atoms with van der Waals surface area (Å²) in [6, 6.07) is 0. The van der Waals surface area contributed by atoms with Crippen molar-refractivity contribution in [2.45, 2.75) is 19.8 Å². The molecule has 0 saturated carbocycles. The van der Waals surface area contributed by atoms with E-state index in [0.29, 0.717) is 12.0 Å². The zero-order chi connectivity index (χ0) is 7.28. The number of primary amides is 1. The van der Waals surface area contributed by atoms with Crippen LogP contribution in [0.15, 0.2) is 11.1 Å². The molecule has 0 heterocycles. The standard InChI is InChI=1S/C6H10ClNO/c1-2-3-5(4-7)6(8)9/h4H,2-3H2,1H3,(H2,8,9)/b5-4+. The van der Waals surface area contributed by atoms with Crippen LogP contribution in [0.3, 0.4) is 0 Å². The maximum Gasteiger partial charge on any atom is 0.245 e. The van der Waals surface area contributed by atoms with Crippen LogP contribution in [-0.2, 0) is 4.79 Å². The third-order valence-electron chi connectivity index (χ3n) is 0.968. The van der Waals surface area contributed by atoms with E-state index in [1.807, 2.05) is 6.92 Å². The van der Waals surface area contributed by atoms with Crippen LogP contribution in [0.5, 0.6) is 0 Å². The molecule has 9 heavy (non-hydrogen) atoms. The number of carbonyl (C=O) groups excluding carboxylic acids is 1. The van der Waals surface area contributed by atoms with Crippen molar-refractivity contribution in [3.8, 4) is 0 Å². The van der Waals surface area contributed by atoms with Crippen molar-refractivity contribution in [1.29, 1.82) is 0 Å². The summed E-state index contributed by atoms with van der Waals surface area (Å²) in [4.78, 5) is 10.4. The topological polar surface area (TPSA) is 43.1 Å². The molecule has 0 aromatic carbocycles. The molecule has 3 heteroatoms. The van der Waals surface area contributed by atoms with Crippen molar-refractivity contribution in [1.82, 2.24) is 0 Å². The zero-order valence-electron chi connectivity index (χ0n) is 5.36. The summed E-state index contributed by atoms with van der Waals surface area (Å²) < 4.78 is 0. The Bertz CT molecular complexity index is 131. The van der Waals surface area contributed by atoms with Gasteiger partial charge in [0.15, 0.2) is 0 Å². The predicted molar refractivity (Wildman–Crippen MR) is 38.0 cm³/mol. The molecule has 0 bridgehead atoms. The molecule has 0 aliphatic carbocycles. The van der Waals surface area contributed by atoms with Crippen LogP contribution >= 0.6 is 11.6 Å². The largest absolute Gasteiger partial charge is 0.366 e. The molecule has 0 fully saturated rings. The van der Waals surface area contributed by atoms with Gasteiger partial charge in [0, 0.05) is 11.1 Å². The van der Waals surface area contributed by atoms with Crippen molar-refractivity contribution in [3.63, 3.8) is 0 Å². The van der Waals surface area contributed by atoms with Crippen molar-refractivity contribution >= 4 is 17.5 Å². The molecule has 2 N–H and O–H groups in total. The number of hydrogen-bond acceptors (Lipinski definition) is 1. The van der Waals surface area contributed by atoms with Crippen LogP contribution in [0.25, 0.3) is 0 Å². The predicted octanol–water partition coefficient (Wildman–Crippen LogP) is 1.39. The van der Waals surface area contributed by atoms with Crippen LogP contribution < -0.4 is 5.73 Å². The molecule has 0 aliphatic heterocycles. The molecule has 0 aliphatic rings. The van der Waals surface area contributed by atoms with Crippen LogP contribution in [0.1, 0.15) is 19.8 Å². The Balaban J connectivity index is 3.85. The van der Waals surface area contributed by atoms with Crippen molar-refractivity contribution in [2.24, 2.45) is 5.73 Å². The molecular weight excluding hydrogens is 138 g/mol. The lowest BCUT2D eigenvalue weighted by atomic mass is 10.2. The average Bonchev–Trinajstić information content (AvgIpc) is 1.82. The van der Waals surface area contributed by atoms with Gasteiger partial charge in [-0.15, -0.1) is 0 Å². The Labute approximate surface area is 59.7 Å². The highest BCUT2D eigenvalue weighted by molar-refractivity contribution is 6.27. The molecule has 0 spiro atoms. The van der Waals surface area contributed by atoms with Gasteiger partial charge in [0.05, 0.1) is 0 Å². The second kappa shape index (κ2) is 4.39. The first-order valence-corrected chi connectivity index (χ1v) is 3.25. The minimum Gasteiger partial charge on any atom is -0.366 e. The van der Waals surface area contributed by atoms with E-state index in [1.54, 1.807) is 0 Å². The van der Waals surface area contributed by atoms with E-state index in [2.05, 4.69) is 0 Å². The van der Waals surface area contributed by atoms with Gasteiger partial charge in [-0.1, -0.05) is 24.9 Å². The van der Waals surface area contributed by atoms with Crippen LogP contribution in [0.2, 0.25) is 0 Å². The minimum atomic E-state index is -0.424. The van der Waals surface area contributed by atoms with E-state index in [-0.39, 0.29) is 0 Å². The smallest absolute Gasteiger partial charge is 0.245 e. The number of halogens is 1. The Morgan fingerprint density at radius 2 is 2.33 bits per heavy atom. The maximum atomic E-state index is 10.4. The third kappa shape index (κ3) is 3.14. The highest BCUT2D eigenvalue weighted by Crippen LogP contribution is 2.04. The molecular formula is C6H10ClNO. The molecule has 0 atom stereocenters. The summed E-state index contributed by atoms with van der Waals surface area (Å²) in [6.45, 7) is 1.96. The number of nitrogens with two attached hydrogens (primary N) is 1. The highest BCUT2D eigenvalue weighted by Gasteiger charge is 2.00. The van der Waals surface area contributed by atoms with E-state index in [4.69, 9.17) is 17.3 Å². The van der Waals surface area contributed by atoms with Gasteiger partial charge in [-0.2, -0.15) is 0 Å². The van der Waals surface area contributed by atoms with Gasteiger partial charge >= 0.3 is 0 Å². The number of hydrogen-bond donors (Lipinski definition) is 1. The molecule has 0 aromatic heterocycles. The summed E-state index contributed by atoms with van der Waals surface area (Å²) in [7, 11) is 0. The van der Waals surface area contributed by atoms with Crippen LogP contribution in [0, 0.1) is 0 Å². The van der Waals surface area contributed by atoms with Gasteiger partial charge in [-0.05, 0) is 6.42 Å². The van der Waals surface area contributed by atoms with E-state index in [1.165, 1.54) is 5.54 Å². The summed E-state index contributed by atoms with van der Waals surface area (Å²) in [5.41, 5.74) is 6.68. The Morgan fingerprint density at radius 3 is 2.44 bits per heavy atom. The molecule has 2 nitrogen and oxygen atoms in total. The fraction of sp³-hybridized carbons (Fsp3) is 0.500. The zero-order valence-corrected chi connectivity index (χ0v) is 6.11. The summed E-state index contributed by atoms with van der Waals surface area (Å²) in [6.07, 6.45) is 1.56. The fourth-order valence-corrected chi connectivity index (χ4v) is 0.718. The monoisotopic (exact) mass is 147 g/mol. The Morgan fingerprint density at radius 1 is 1.78 bits per heavy atom. The van der Waals surface area contributed by atoms with Crippen molar-refractivity contribution in [2.75, 3.05) is 0 Å². The highest BCUT2D eigenvalue weighted by atomic mass is 35.5. The third-order valence-corrected chi connectivity index (χ3v) is 1.23. The summed E-state index contributed by atoms with van der Waals surface area (Å²) >= 11 is 5.28. The van der Waals surface area contributed by atoms with Crippen molar-refractivity contribution in [3.05, 3.63) is 11.1 Å². The van der Waals surface area contributed by atoms with Gasteiger partial charge in [-0.25, -0.2) is 0 Å². The second-order valence-corrected chi connectivity index (χ2v) is 1.97. The Kier molecular flexibility index (Phi) is 4.14. The normalized spacial score (nSPS) is 11.6. The lowest BCUT2D eigenvalue weighted by Crippen LogP contribution is -2.13. The average molecular weight is 148 g/mol. The quantitative estimate of drug-likeness (QED) is 0.603. The molecule has 0 aromatic rings. The van der Waals surface area contributed by atoms with Gasteiger partial charge in [0.1, 0.15) is 0 Å². The SMILES string of the molecule is CCC/C(=C\Cl)C(N)=O. The molecule has 0 unspecified atom stereocenters. The fourth-order valence-electron chi connectivity index (χ4n) is 0.501. The first-order valence-electron chi connectivity index (χ1n) is 2.81. The van der Waals surface area contributed by atoms with Crippen LogP contribution in [-0.4, -0.2) is 5.91 Å². The van der Waals surface area contributed by atoms with E-state index >= 15 is 0 Å². The van der Waals surface area contributed by atoms with Gasteiger partial charge in [-0.3, -0.25) is 4.79 Å². The Hall–Kier alpha value is -0.500. The minimum absolute atomic E-state index is 0.424. The molecule has 1 amide bonds. The van der Waals surface area contributed by atoms with Gasteiger partial charge < -0.3 is 5.73 Å². The summed E-state index contributed by atoms with van der Waals surface area (Å²) in [5.74, 6) is -0.424. The van der Waals surface area contributed by atoms with Crippen LogP contribution in [0.4, 0.5) is 0 Å². The first-order chi connectivity index (χ1) is 4.22. The van der Waals surface area contributed by atoms with Gasteiger partial charge in [0.2, 0.25) is 5.91 Å². The molecule has 52 valence electrons. The van der Waals surface area contributed by atoms with Crippen molar-refractivity contribution < 1.29 is 4.79 Å². The number of amides is 1. The number of rotatable bonds is 3. The van der Waals surface area contributed by atoms with E-state index in [0.717, 1.165) is 6.42 Å². The first kappa shape index (κ1) is 8.50. The molecule has 0 saturated heterocycles. The number of carbonyl (C=O) groups is 1.